The van der Waals surface area contributed by atoms with E-state index < -0.39 is 17.4 Å². The van der Waals surface area contributed by atoms with Crippen molar-refractivity contribution in [2.24, 2.45) is 0 Å². The van der Waals surface area contributed by atoms with E-state index in [-0.39, 0.29) is 41.9 Å². The highest BCUT2D eigenvalue weighted by Crippen LogP contribution is 2.42. The van der Waals surface area contributed by atoms with Gasteiger partial charge in [0.25, 0.3) is 0 Å². The Morgan fingerprint density at radius 2 is 1.83 bits per heavy atom. The van der Waals surface area contributed by atoms with E-state index in [2.05, 4.69) is 13.8 Å². The molecule has 0 radical (unpaired) electrons. The van der Waals surface area contributed by atoms with Crippen LogP contribution >= 0.6 is 0 Å². The number of pyridine rings is 1. The molecule has 2 aliphatic rings. The van der Waals surface area contributed by atoms with Gasteiger partial charge in [0.1, 0.15) is 11.4 Å². The fourth-order valence-corrected chi connectivity index (χ4v) is 6.45. The van der Waals surface area contributed by atoms with Crippen LogP contribution in [0.2, 0.25) is 0 Å². The van der Waals surface area contributed by atoms with Gasteiger partial charge in [-0.2, -0.15) is 0 Å². The van der Waals surface area contributed by atoms with Gasteiger partial charge in [0, 0.05) is 17.5 Å². The SMILES string of the molecule is CC(C)c1nc2c(c(-c3ccc(F)cc3)c1C=C[C@@H]1C[C@H](CC(=O)OC(C)(C)C)OC(C)(C)O1)CCCc1ccc(C(=O)O)cc1-2. The normalized spacial score (nSPS) is 19.4. The van der Waals surface area contributed by atoms with Crippen molar-refractivity contribution in [2.75, 3.05) is 0 Å². The molecule has 2 aromatic carbocycles. The summed E-state index contributed by atoms with van der Waals surface area (Å²) in [5, 5.41) is 9.79. The molecule has 3 aromatic rings. The molecule has 46 heavy (non-hydrogen) atoms. The van der Waals surface area contributed by atoms with E-state index in [4.69, 9.17) is 19.2 Å². The number of carboxylic acids is 1. The number of hydrogen-bond donors (Lipinski definition) is 1. The van der Waals surface area contributed by atoms with Gasteiger partial charge in [0.2, 0.25) is 0 Å². The van der Waals surface area contributed by atoms with E-state index in [1.807, 2.05) is 52.8 Å². The first-order valence-electron chi connectivity index (χ1n) is 16.0. The molecule has 1 fully saturated rings. The van der Waals surface area contributed by atoms with Crippen molar-refractivity contribution in [1.29, 1.82) is 0 Å². The van der Waals surface area contributed by atoms with Crippen LogP contribution in [0.3, 0.4) is 0 Å². The first kappa shape index (κ1) is 33.5. The summed E-state index contributed by atoms with van der Waals surface area (Å²) in [7, 11) is 0. The van der Waals surface area contributed by atoms with Crippen molar-refractivity contribution in [3.05, 3.63) is 82.3 Å². The van der Waals surface area contributed by atoms with Crippen molar-refractivity contribution in [2.45, 2.75) is 110 Å². The highest BCUT2D eigenvalue weighted by atomic mass is 19.1. The summed E-state index contributed by atoms with van der Waals surface area (Å²) < 4.78 is 32.1. The Bertz CT molecular complexity index is 1650. The summed E-state index contributed by atoms with van der Waals surface area (Å²) in [5.41, 5.74) is 6.87. The number of aryl methyl sites for hydroxylation is 1. The summed E-state index contributed by atoms with van der Waals surface area (Å²) in [5.74, 6) is -2.53. The minimum atomic E-state index is -0.986. The van der Waals surface area contributed by atoms with Crippen LogP contribution in [0.25, 0.3) is 28.5 Å². The highest BCUT2D eigenvalue weighted by molar-refractivity contribution is 5.91. The van der Waals surface area contributed by atoms with Gasteiger partial charge < -0.3 is 19.3 Å². The van der Waals surface area contributed by atoms with Crippen molar-refractivity contribution in [1.82, 2.24) is 4.98 Å². The Morgan fingerprint density at radius 1 is 1.11 bits per heavy atom. The molecule has 1 aliphatic carbocycles. The molecule has 0 amide bonds. The number of carbonyl (C=O) groups excluding carboxylic acids is 1. The van der Waals surface area contributed by atoms with E-state index in [0.29, 0.717) is 6.42 Å². The lowest BCUT2D eigenvalue weighted by Crippen LogP contribution is -2.45. The molecule has 7 nitrogen and oxygen atoms in total. The van der Waals surface area contributed by atoms with Crippen LogP contribution in [0.15, 0.2) is 48.5 Å². The predicted octanol–water partition coefficient (Wildman–Crippen LogP) is 8.52. The van der Waals surface area contributed by atoms with E-state index in [1.54, 1.807) is 24.3 Å². The molecule has 1 aliphatic heterocycles. The number of halogens is 1. The van der Waals surface area contributed by atoms with Crippen LogP contribution in [0.1, 0.15) is 106 Å². The topological polar surface area (TPSA) is 95.0 Å². The van der Waals surface area contributed by atoms with Gasteiger partial charge in [-0.15, -0.1) is 0 Å². The zero-order chi connectivity index (χ0) is 33.4. The molecule has 2 atom stereocenters. The molecule has 5 rings (SSSR count). The van der Waals surface area contributed by atoms with Crippen LogP contribution in [-0.2, 0) is 31.8 Å². The Balaban J connectivity index is 1.63. The van der Waals surface area contributed by atoms with Crippen LogP contribution in [0.5, 0.6) is 0 Å². The van der Waals surface area contributed by atoms with E-state index in [0.717, 1.165) is 64.0 Å². The molecule has 1 aromatic heterocycles. The summed E-state index contributed by atoms with van der Waals surface area (Å²) in [6, 6.07) is 11.8. The minimum Gasteiger partial charge on any atom is -0.478 e. The second-order valence-electron chi connectivity index (χ2n) is 14.0. The van der Waals surface area contributed by atoms with Gasteiger partial charge >= 0.3 is 11.9 Å². The van der Waals surface area contributed by atoms with Gasteiger partial charge in [-0.05, 0) is 106 Å². The lowest BCUT2D eigenvalue weighted by molar-refractivity contribution is -0.290. The monoisotopic (exact) mass is 629 g/mol. The molecule has 0 bridgehead atoms. The Morgan fingerprint density at radius 3 is 2.48 bits per heavy atom. The maximum Gasteiger partial charge on any atom is 0.335 e. The molecule has 2 heterocycles. The van der Waals surface area contributed by atoms with Gasteiger partial charge in [0.05, 0.1) is 35.6 Å². The number of benzene rings is 2. The maximum absolute atomic E-state index is 14.2. The number of hydrogen-bond acceptors (Lipinski definition) is 6. The first-order valence-corrected chi connectivity index (χ1v) is 16.0. The zero-order valence-corrected chi connectivity index (χ0v) is 27.8. The molecule has 8 heteroatoms. The van der Waals surface area contributed by atoms with Gasteiger partial charge in [-0.3, -0.25) is 9.78 Å². The quantitative estimate of drug-likeness (QED) is 0.262. The molecule has 244 valence electrons. The molecular weight excluding hydrogens is 585 g/mol. The van der Waals surface area contributed by atoms with Crippen molar-refractivity contribution >= 4 is 18.0 Å². The van der Waals surface area contributed by atoms with Crippen LogP contribution in [-0.4, -0.2) is 45.6 Å². The van der Waals surface area contributed by atoms with Crippen molar-refractivity contribution < 1.29 is 33.3 Å². The van der Waals surface area contributed by atoms with Crippen LogP contribution in [0.4, 0.5) is 4.39 Å². The number of ether oxygens (including phenoxy) is 3. The average Bonchev–Trinajstić information content (AvgIpc) is 3.12. The van der Waals surface area contributed by atoms with E-state index in [9.17, 15) is 19.1 Å². The third-order valence-corrected chi connectivity index (χ3v) is 8.20. The second kappa shape index (κ2) is 13.1. The molecule has 1 saturated heterocycles. The number of rotatable bonds is 7. The highest BCUT2D eigenvalue weighted by Gasteiger charge is 2.36. The number of carbonyl (C=O) groups is 2. The lowest BCUT2D eigenvalue weighted by Gasteiger charge is -2.40. The smallest absolute Gasteiger partial charge is 0.335 e. The lowest BCUT2D eigenvalue weighted by atomic mass is 9.86. The average molecular weight is 630 g/mol. The zero-order valence-electron chi connectivity index (χ0n) is 27.8. The molecule has 0 unspecified atom stereocenters. The third-order valence-electron chi connectivity index (χ3n) is 8.20. The van der Waals surface area contributed by atoms with Gasteiger partial charge in [-0.25, -0.2) is 9.18 Å². The Labute approximate surface area is 270 Å². The number of aromatic carboxylic acids is 1. The van der Waals surface area contributed by atoms with Gasteiger partial charge in [-0.1, -0.05) is 44.2 Å². The number of fused-ring (bicyclic) bond motifs is 3. The molecular formula is C38H44FNO6. The summed E-state index contributed by atoms with van der Waals surface area (Å²) >= 11 is 0. The largest absolute Gasteiger partial charge is 0.478 e. The minimum absolute atomic E-state index is 0.0190. The van der Waals surface area contributed by atoms with E-state index >= 15 is 0 Å². The van der Waals surface area contributed by atoms with Crippen LogP contribution in [0, 0.1) is 5.82 Å². The standard InChI is InChI=1S/C38H44FNO6/c1-22(2)34-30(18-17-27-20-28(45-38(6,7)44-27)21-32(41)46-37(3,4)5)33(24-13-15-26(39)16-14-24)29-10-8-9-23-11-12-25(36(42)43)19-31(23)35(29)40-34/h11-19,22,27-28H,8-10,20-21H2,1-7H3,(H,42,43)/t27-,28-/m1/s1. The predicted molar refractivity (Wildman–Crippen MR) is 176 cm³/mol. The Kier molecular flexibility index (Phi) is 9.52. The van der Waals surface area contributed by atoms with Crippen molar-refractivity contribution in [3.8, 4) is 22.4 Å². The number of aromatic nitrogens is 1. The number of esters is 1. The fraction of sp³-hybridized carbons (Fsp3) is 0.447. The van der Waals surface area contributed by atoms with E-state index in [1.165, 1.54) is 12.1 Å². The van der Waals surface area contributed by atoms with Crippen LogP contribution < -0.4 is 0 Å². The molecule has 0 spiro atoms. The fourth-order valence-electron chi connectivity index (χ4n) is 6.45. The Hall–Kier alpha value is -3.88. The first-order chi connectivity index (χ1) is 21.6. The van der Waals surface area contributed by atoms with Gasteiger partial charge in [0.15, 0.2) is 5.79 Å². The summed E-state index contributed by atoms with van der Waals surface area (Å²) in [6.07, 6.45) is 6.26. The molecule has 1 N–H and O–H groups in total. The summed E-state index contributed by atoms with van der Waals surface area (Å²) in [4.78, 5) is 29.9. The number of nitrogens with zero attached hydrogens (tertiary/aromatic N) is 1. The third kappa shape index (κ3) is 7.73. The molecule has 0 saturated carbocycles. The van der Waals surface area contributed by atoms with Crippen molar-refractivity contribution in [3.63, 3.8) is 0 Å². The number of carboxylic acid groups (broad SMARTS) is 1. The maximum atomic E-state index is 14.2. The second-order valence-corrected chi connectivity index (χ2v) is 14.0. The summed E-state index contributed by atoms with van der Waals surface area (Å²) in [6.45, 7) is 13.4.